The second kappa shape index (κ2) is 6.84. The SMILES string of the molecule is CS(=O)(=O)N1CCNCC1.ClCCl. The molecule has 1 rings (SSSR count). The average molecular weight is 249 g/mol. The van der Waals surface area contributed by atoms with Gasteiger partial charge in [0.05, 0.1) is 11.6 Å². The summed E-state index contributed by atoms with van der Waals surface area (Å²) in [6.45, 7) is 2.76. The van der Waals surface area contributed by atoms with Gasteiger partial charge < -0.3 is 5.32 Å². The molecule has 0 aromatic carbocycles. The van der Waals surface area contributed by atoms with E-state index in [9.17, 15) is 8.42 Å². The number of halogens is 2. The predicted octanol–water partition coefficient (Wildman–Crippen LogP) is 0.273. The standard InChI is InChI=1S/C5H12N2O2S.CH2Cl2/c1-10(8,9)7-4-2-6-3-5-7;2-1-3/h6H,2-5H2,1H3;1H2. The Bertz CT molecular complexity index is 215. The molecule has 1 N–H and O–H groups in total. The maximum atomic E-state index is 10.9. The summed E-state index contributed by atoms with van der Waals surface area (Å²) >= 11 is 9.53. The Morgan fingerprint density at radius 3 is 1.92 bits per heavy atom. The molecule has 0 amide bonds. The predicted molar refractivity (Wildman–Crippen MR) is 55.9 cm³/mol. The number of alkyl halides is 2. The van der Waals surface area contributed by atoms with Crippen LogP contribution in [0.1, 0.15) is 0 Å². The maximum Gasteiger partial charge on any atom is 0.211 e. The molecule has 80 valence electrons. The number of nitrogens with one attached hydrogen (secondary N) is 1. The van der Waals surface area contributed by atoms with E-state index in [-0.39, 0.29) is 5.34 Å². The molecule has 0 radical (unpaired) electrons. The quantitative estimate of drug-likeness (QED) is 0.679. The molecular formula is C6H14Cl2N2O2S. The van der Waals surface area contributed by atoms with Gasteiger partial charge in [-0.3, -0.25) is 0 Å². The first-order chi connectivity index (χ1) is 6.02. The van der Waals surface area contributed by atoms with Crippen molar-refractivity contribution in [2.45, 2.75) is 0 Å². The number of piperazine rings is 1. The molecule has 0 spiro atoms. The van der Waals surface area contributed by atoms with Gasteiger partial charge in [0.1, 0.15) is 0 Å². The fourth-order valence-corrected chi connectivity index (χ4v) is 1.82. The normalized spacial score (nSPS) is 19.0. The molecule has 1 aliphatic rings. The Hall–Kier alpha value is 0.450. The van der Waals surface area contributed by atoms with E-state index < -0.39 is 10.0 Å². The summed E-state index contributed by atoms with van der Waals surface area (Å²) < 4.78 is 23.3. The lowest BCUT2D eigenvalue weighted by Crippen LogP contribution is -2.45. The Morgan fingerprint density at radius 2 is 1.69 bits per heavy atom. The average Bonchev–Trinajstić information content (AvgIpc) is 2.06. The zero-order chi connectivity index (χ0) is 10.3. The molecule has 0 aromatic rings. The monoisotopic (exact) mass is 248 g/mol. The largest absolute Gasteiger partial charge is 0.314 e. The van der Waals surface area contributed by atoms with Crippen molar-refractivity contribution in [3.63, 3.8) is 0 Å². The van der Waals surface area contributed by atoms with E-state index in [4.69, 9.17) is 23.2 Å². The number of nitrogens with zero attached hydrogens (tertiary/aromatic N) is 1. The number of hydrogen-bond acceptors (Lipinski definition) is 3. The first kappa shape index (κ1) is 13.4. The van der Waals surface area contributed by atoms with Crippen LogP contribution in [0.5, 0.6) is 0 Å². The van der Waals surface area contributed by atoms with Crippen molar-refractivity contribution in [2.24, 2.45) is 0 Å². The van der Waals surface area contributed by atoms with E-state index >= 15 is 0 Å². The minimum Gasteiger partial charge on any atom is -0.314 e. The van der Waals surface area contributed by atoms with Crippen molar-refractivity contribution in [1.29, 1.82) is 0 Å². The van der Waals surface area contributed by atoms with Gasteiger partial charge in [-0.1, -0.05) is 0 Å². The molecule has 1 heterocycles. The fourth-order valence-electron chi connectivity index (χ4n) is 0.976. The van der Waals surface area contributed by atoms with Crippen LogP contribution < -0.4 is 5.32 Å². The molecular weight excluding hydrogens is 235 g/mol. The number of sulfonamides is 1. The third kappa shape index (κ3) is 6.51. The Labute approximate surface area is 89.2 Å². The molecule has 7 heteroatoms. The highest BCUT2D eigenvalue weighted by Gasteiger charge is 2.17. The van der Waals surface area contributed by atoms with Crippen molar-refractivity contribution in [2.75, 3.05) is 37.8 Å². The van der Waals surface area contributed by atoms with Crippen molar-refractivity contribution in [1.82, 2.24) is 9.62 Å². The van der Waals surface area contributed by atoms with Crippen molar-refractivity contribution < 1.29 is 8.42 Å². The third-order valence-corrected chi connectivity index (χ3v) is 2.85. The molecule has 0 aliphatic carbocycles. The van der Waals surface area contributed by atoms with E-state index in [0.717, 1.165) is 13.1 Å². The van der Waals surface area contributed by atoms with Crippen molar-refractivity contribution in [3.05, 3.63) is 0 Å². The molecule has 1 aliphatic heterocycles. The van der Waals surface area contributed by atoms with Crippen LogP contribution in [0.2, 0.25) is 0 Å². The third-order valence-electron chi connectivity index (χ3n) is 1.54. The van der Waals surface area contributed by atoms with Crippen molar-refractivity contribution in [3.8, 4) is 0 Å². The second-order valence-electron chi connectivity index (χ2n) is 2.51. The molecule has 1 fully saturated rings. The van der Waals surface area contributed by atoms with E-state index in [1.54, 1.807) is 0 Å². The minimum atomic E-state index is -2.93. The van der Waals surface area contributed by atoms with Crippen molar-refractivity contribution >= 4 is 33.2 Å². The summed E-state index contributed by atoms with van der Waals surface area (Å²) in [6, 6.07) is 0. The zero-order valence-corrected chi connectivity index (χ0v) is 9.79. The number of rotatable bonds is 1. The number of hydrogen-bond donors (Lipinski definition) is 1. The molecule has 13 heavy (non-hydrogen) atoms. The van der Waals surface area contributed by atoms with Crippen LogP contribution in [-0.2, 0) is 10.0 Å². The minimum absolute atomic E-state index is 0.194. The lowest BCUT2D eigenvalue weighted by molar-refractivity contribution is 0.363. The summed E-state index contributed by atoms with van der Waals surface area (Å²) in [5.74, 6) is 0. The smallest absolute Gasteiger partial charge is 0.211 e. The lowest BCUT2D eigenvalue weighted by atomic mass is 10.4. The van der Waals surface area contributed by atoms with Crippen LogP contribution in [0, 0.1) is 0 Å². The van der Waals surface area contributed by atoms with E-state index in [2.05, 4.69) is 5.32 Å². The molecule has 0 atom stereocenters. The topological polar surface area (TPSA) is 49.4 Å². The van der Waals surface area contributed by atoms with Crippen LogP contribution in [0.3, 0.4) is 0 Å². The highest BCUT2D eigenvalue weighted by atomic mass is 35.5. The fraction of sp³-hybridized carbons (Fsp3) is 1.00. The van der Waals surface area contributed by atoms with Gasteiger partial charge in [0.15, 0.2) is 0 Å². The first-order valence-corrected chi connectivity index (χ1v) is 6.72. The van der Waals surface area contributed by atoms with Gasteiger partial charge >= 0.3 is 0 Å². The second-order valence-corrected chi connectivity index (χ2v) is 5.30. The zero-order valence-electron chi connectivity index (χ0n) is 7.46. The molecule has 4 nitrogen and oxygen atoms in total. The molecule has 0 saturated carbocycles. The van der Waals surface area contributed by atoms with Gasteiger partial charge in [-0.2, -0.15) is 4.31 Å². The molecule has 0 unspecified atom stereocenters. The summed E-state index contributed by atoms with van der Waals surface area (Å²) in [5, 5.41) is 3.28. The van der Waals surface area contributed by atoms with E-state index in [0.29, 0.717) is 13.1 Å². The molecule has 0 aromatic heterocycles. The highest BCUT2D eigenvalue weighted by molar-refractivity contribution is 7.88. The van der Waals surface area contributed by atoms with E-state index in [1.807, 2.05) is 0 Å². The van der Waals surface area contributed by atoms with Gasteiger partial charge in [-0.15, -0.1) is 23.2 Å². The van der Waals surface area contributed by atoms with Crippen LogP contribution in [0.25, 0.3) is 0 Å². The summed E-state index contributed by atoms with van der Waals surface area (Å²) in [6.07, 6.45) is 1.25. The Morgan fingerprint density at radius 1 is 1.31 bits per heavy atom. The van der Waals surface area contributed by atoms with Crippen LogP contribution in [0.15, 0.2) is 0 Å². The Balaban J connectivity index is 0.000000424. The van der Waals surface area contributed by atoms with Gasteiger partial charge in [0, 0.05) is 26.2 Å². The lowest BCUT2D eigenvalue weighted by Gasteiger charge is -2.24. The van der Waals surface area contributed by atoms with Gasteiger partial charge in [-0.25, -0.2) is 8.42 Å². The van der Waals surface area contributed by atoms with Crippen LogP contribution >= 0.6 is 23.2 Å². The maximum absolute atomic E-state index is 10.9. The summed E-state index contributed by atoms with van der Waals surface area (Å²) in [7, 11) is -2.93. The molecule has 1 saturated heterocycles. The molecule has 0 bridgehead atoms. The van der Waals surface area contributed by atoms with Gasteiger partial charge in [-0.05, 0) is 0 Å². The first-order valence-electron chi connectivity index (χ1n) is 3.80. The van der Waals surface area contributed by atoms with Crippen LogP contribution in [-0.4, -0.2) is 50.5 Å². The van der Waals surface area contributed by atoms with E-state index in [1.165, 1.54) is 10.6 Å². The summed E-state index contributed by atoms with van der Waals surface area (Å²) in [5.41, 5.74) is 0. The highest BCUT2D eigenvalue weighted by Crippen LogP contribution is 1.97. The van der Waals surface area contributed by atoms with Gasteiger partial charge in [0.25, 0.3) is 0 Å². The summed E-state index contributed by atoms with van der Waals surface area (Å²) in [4.78, 5) is 0. The van der Waals surface area contributed by atoms with Crippen LogP contribution in [0.4, 0.5) is 0 Å². The van der Waals surface area contributed by atoms with Gasteiger partial charge in [0.2, 0.25) is 10.0 Å². The Kier molecular flexibility index (Phi) is 7.07.